The third-order valence-corrected chi connectivity index (χ3v) is 1.95. The molecule has 0 unspecified atom stereocenters. The number of hydrogen-bond donors (Lipinski definition) is 2. The van der Waals surface area contributed by atoms with Gasteiger partial charge in [0, 0.05) is 18.7 Å². The Kier molecular flexibility index (Phi) is 5.75. The van der Waals surface area contributed by atoms with Crippen molar-refractivity contribution in [1.82, 2.24) is 5.32 Å². The minimum atomic E-state index is -0.0318. The lowest BCUT2D eigenvalue weighted by Crippen LogP contribution is -2.28. The van der Waals surface area contributed by atoms with E-state index in [1.807, 2.05) is 37.3 Å². The summed E-state index contributed by atoms with van der Waals surface area (Å²) in [6, 6.07) is 9.41. The highest BCUT2D eigenvalue weighted by atomic mass is 16.1. The molecule has 0 radical (unpaired) electrons. The van der Waals surface area contributed by atoms with Crippen LogP contribution in [0.5, 0.6) is 0 Å². The van der Waals surface area contributed by atoms with Gasteiger partial charge in [-0.1, -0.05) is 18.2 Å². The van der Waals surface area contributed by atoms with Crippen LogP contribution in [0.2, 0.25) is 0 Å². The lowest BCUT2D eigenvalue weighted by molar-refractivity contribution is -0.115. The monoisotopic (exact) mass is 216 g/mol. The van der Waals surface area contributed by atoms with Crippen molar-refractivity contribution >= 4 is 11.6 Å². The molecular formula is C13H16N2O. The van der Waals surface area contributed by atoms with Gasteiger partial charge in [0.2, 0.25) is 5.91 Å². The van der Waals surface area contributed by atoms with Gasteiger partial charge in [-0.2, -0.15) is 0 Å². The second kappa shape index (κ2) is 7.49. The summed E-state index contributed by atoms with van der Waals surface area (Å²) in [5.74, 6) is 5.70. The van der Waals surface area contributed by atoms with E-state index in [0.717, 1.165) is 18.7 Å². The highest BCUT2D eigenvalue weighted by Crippen LogP contribution is 2.03. The Morgan fingerprint density at radius 2 is 2.06 bits per heavy atom. The molecule has 3 nitrogen and oxygen atoms in total. The van der Waals surface area contributed by atoms with Crippen molar-refractivity contribution in [1.29, 1.82) is 0 Å². The first-order valence-electron chi connectivity index (χ1n) is 5.28. The zero-order valence-electron chi connectivity index (χ0n) is 9.42. The number of para-hydroxylation sites is 1. The molecule has 1 aromatic carbocycles. The number of benzene rings is 1. The molecule has 0 aliphatic rings. The zero-order valence-corrected chi connectivity index (χ0v) is 9.42. The fraction of sp³-hybridized carbons (Fsp3) is 0.308. The van der Waals surface area contributed by atoms with Crippen molar-refractivity contribution in [3.63, 3.8) is 0 Å². The van der Waals surface area contributed by atoms with E-state index in [1.54, 1.807) is 0 Å². The van der Waals surface area contributed by atoms with Crippen LogP contribution >= 0.6 is 0 Å². The molecule has 0 saturated carbocycles. The maximum absolute atomic E-state index is 11.4. The topological polar surface area (TPSA) is 41.1 Å². The molecule has 0 aliphatic carbocycles. The average molecular weight is 216 g/mol. The summed E-state index contributed by atoms with van der Waals surface area (Å²) < 4.78 is 0. The van der Waals surface area contributed by atoms with Gasteiger partial charge >= 0.3 is 0 Å². The van der Waals surface area contributed by atoms with Crippen LogP contribution in [0.25, 0.3) is 0 Å². The second-order valence-electron chi connectivity index (χ2n) is 3.27. The zero-order chi connectivity index (χ0) is 11.6. The number of anilines is 1. The fourth-order valence-corrected chi connectivity index (χ4v) is 1.20. The summed E-state index contributed by atoms with van der Waals surface area (Å²) in [7, 11) is 0. The van der Waals surface area contributed by atoms with Gasteiger partial charge in [0.15, 0.2) is 0 Å². The molecule has 0 heterocycles. The van der Waals surface area contributed by atoms with Crippen LogP contribution in [0.4, 0.5) is 5.69 Å². The van der Waals surface area contributed by atoms with Crippen molar-refractivity contribution in [2.24, 2.45) is 0 Å². The molecule has 0 aliphatic heterocycles. The van der Waals surface area contributed by atoms with Gasteiger partial charge in [-0.3, -0.25) is 4.79 Å². The van der Waals surface area contributed by atoms with Crippen LogP contribution in [0.1, 0.15) is 13.3 Å². The molecule has 2 N–H and O–H groups in total. The molecule has 1 amide bonds. The number of amides is 1. The van der Waals surface area contributed by atoms with Gasteiger partial charge in [0.1, 0.15) is 0 Å². The third-order valence-electron chi connectivity index (χ3n) is 1.95. The predicted octanol–water partition coefficient (Wildman–Crippen LogP) is 1.63. The van der Waals surface area contributed by atoms with Gasteiger partial charge in [0.25, 0.3) is 0 Å². The maximum Gasteiger partial charge on any atom is 0.238 e. The highest BCUT2D eigenvalue weighted by molar-refractivity contribution is 5.92. The number of carbonyl (C=O) groups excluding carboxylic acids is 1. The van der Waals surface area contributed by atoms with E-state index in [-0.39, 0.29) is 5.91 Å². The van der Waals surface area contributed by atoms with Gasteiger partial charge in [-0.05, 0) is 19.1 Å². The molecule has 16 heavy (non-hydrogen) atoms. The van der Waals surface area contributed by atoms with Crippen molar-refractivity contribution in [3.05, 3.63) is 30.3 Å². The molecule has 84 valence electrons. The van der Waals surface area contributed by atoms with E-state index in [4.69, 9.17) is 0 Å². The van der Waals surface area contributed by atoms with Crippen LogP contribution in [0.3, 0.4) is 0 Å². The molecular weight excluding hydrogens is 200 g/mol. The lowest BCUT2D eigenvalue weighted by Gasteiger charge is -2.05. The molecule has 0 fully saturated rings. The summed E-state index contributed by atoms with van der Waals surface area (Å²) >= 11 is 0. The Morgan fingerprint density at radius 3 is 2.75 bits per heavy atom. The Balaban J connectivity index is 2.18. The molecule has 0 saturated heterocycles. The fourth-order valence-electron chi connectivity index (χ4n) is 1.20. The van der Waals surface area contributed by atoms with E-state index in [1.165, 1.54) is 0 Å². The number of hydrogen-bond acceptors (Lipinski definition) is 2. The Morgan fingerprint density at radius 1 is 1.31 bits per heavy atom. The Labute approximate surface area is 96.2 Å². The minimum Gasteiger partial charge on any atom is -0.325 e. The van der Waals surface area contributed by atoms with E-state index >= 15 is 0 Å². The Hall–Kier alpha value is -1.79. The molecule has 0 spiro atoms. The van der Waals surface area contributed by atoms with Gasteiger partial charge in [-0.15, -0.1) is 11.8 Å². The summed E-state index contributed by atoms with van der Waals surface area (Å²) in [4.78, 5) is 11.4. The summed E-state index contributed by atoms with van der Waals surface area (Å²) in [6.07, 6.45) is 0.773. The van der Waals surface area contributed by atoms with Crippen molar-refractivity contribution in [2.45, 2.75) is 13.3 Å². The van der Waals surface area contributed by atoms with E-state index < -0.39 is 0 Å². The van der Waals surface area contributed by atoms with Crippen LogP contribution in [0.15, 0.2) is 30.3 Å². The molecule has 0 atom stereocenters. The molecule has 1 aromatic rings. The molecule has 0 bridgehead atoms. The molecule has 3 heteroatoms. The minimum absolute atomic E-state index is 0.0318. The average Bonchev–Trinajstić information content (AvgIpc) is 2.30. The number of rotatable bonds is 5. The first kappa shape index (κ1) is 12.3. The molecule has 1 rings (SSSR count). The first-order valence-corrected chi connectivity index (χ1v) is 5.28. The highest BCUT2D eigenvalue weighted by Gasteiger charge is 1.99. The smallest absolute Gasteiger partial charge is 0.238 e. The van der Waals surface area contributed by atoms with E-state index in [2.05, 4.69) is 22.5 Å². The second-order valence-corrected chi connectivity index (χ2v) is 3.27. The number of carbonyl (C=O) groups is 1. The lowest BCUT2D eigenvalue weighted by atomic mass is 10.3. The van der Waals surface area contributed by atoms with Crippen molar-refractivity contribution < 1.29 is 4.79 Å². The standard InChI is InChI=1S/C13H16N2O/c1-2-3-7-10-14-11-13(16)15-12-8-5-4-6-9-12/h4-6,8-9,14H,7,10-11H2,1H3,(H,15,16). The Bertz CT molecular complexity index is 376. The van der Waals surface area contributed by atoms with E-state index in [0.29, 0.717) is 6.54 Å². The SMILES string of the molecule is CC#CCCNCC(=O)Nc1ccccc1. The van der Waals surface area contributed by atoms with Crippen LogP contribution in [-0.4, -0.2) is 19.0 Å². The van der Waals surface area contributed by atoms with Crippen LogP contribution in [-0.2, 0) is 4.79 Å². The van der Waals surface area contributed by atoms with Crippen LogP contribution in [0, 0.1) is 11.8 Å². The van der Waals surface area contributed by atoms with Gasteiger partial charge in [-0.25, -0.2) is 0 Å². The largest absolute Gasteiger partial charge is 0.325 e. The summed E-state index contributed by atoms with van der Waals surface area (Å²) in [5, 5.41) is 5.82. The predicted molar refractivity (Wildman–Crippen MR) is 66.0 cm³/mol. The van der Waals surface area contributed by atoms with Gasteiger partial charge < -0.3 is 10.6 Å². The van der Waals surface area contributed by atoms with Crippen LogP contribution < -0.4 is 10.6 Å². The van der Waals surface area contributed by atoms with Gasteiger partial charge in [0.05, 0.1) is 6.54 Å². The summed E-state index contributed by atoms with van der Waals surface area (Å²) in [6.45, 7) is 2.87. The maximum atomic E-state index is 11.4. The van der Waals surface area contributed by atoms with Crippen molar-refractivity contribution in [2.75, 3.05) is 18.4 Å². The third kappa shape index (κ3) is 5.18. The molecule has 0 aromatic heterocycles. The number of nitrogens with one attached hydrogen (secondary N) is 2. The van der Waals surface area contributed by atoms with Crippen molar-refractivity contribution in [3.8, 4) is 11.8 Å². The van der Waals surface area contributed by atoms with E-state index in [9.17, 15) is 4.79 Å². The normalized spacial score (nSPS) is 9.06. The first-order chi connectivity index (χ1) is 7.83. The quantitative estimate of drug-likeness (QED) is 0.580. The summed E-state index contributed by atoms with van der Waals surface area (Å²) in [5.41, 5.74) is 0.822.